The molecule has 1 aliphatic carbocycles. The van der Waals surface area contributed by atoms with Crippen molar-refractivity contribution < 1.29 is 4.74 Å². The lowest BCUT2D eigenvalue weighted by Gasteiger charge is -2.36. The van der Waals surface area contributed by atoms with E-state index in [0.717, 1.165) is 5.75 Å². The van der Waals surface area contributed by atoms with Crippen LogP contribution in [0.15, 0.2) is 42.0 Å². The molecule has 1 atom stereocenters. The van der Waals surface area contributed by atoms with Crippen LogP contribution in [0.5, 0.6) is 5.75 Å². The monoisotopic (exact) mass is 256 g/mol. The fraction of sp³-hybridized carbons (Fsp3) is 0.444. The number of rotatable bonds is 3. The zero-order chi connectivity index (χ0) is 13.9. The van der Waals surface area contributed by atoms with Crippen molar-refractivity contribution in [2.45, 2.75) is 33.6 Å². The minimum Gasteiger partial charge on any atom is -0.497 e. The van der Waals surface area contributed by atoms with Gasteiger partial charge >= 0.3 is 0 Å². The molecule has 0 aromatic heterocycles. The Kier molecular flexibility index (Phi) is 4.14. The molecule has 0 bridgehead atoms. The second-order valence-corrected chi connectivity index (χ2v) is 6.09. The molecular weight excluding hydrogens is 232 g/mol. The smallest absolute Gasteiger partial charge is 0.119 e. The highest BCUT2D eigenvalue weighted by Gasteiger charge is 2.30. The van der Waals surface area contributed by atoms with Gasteiger partial charge < -0.3 is 4.74 Å². The van der Waals surface area contributed by atoms with Crippen molar-refractivity contribution in [2.75, 3.05) is 7.11 Å². The van der Waals surface area contributed by atoms with Gasteiger partial charge in [-0.2, -0.15) is 0 Å². The van der Waals surface area contributed by atoms with Crippen LogP contribution in [0.1, 0.15) is 39.2 Å². The Morgan fingerprint density at radius 3 is 2.79 bits per heavy atom. The molecule has 0 heterocycles. The van der Waals surface area contributed by atoms with Crippen molar-refractivity contribution >= 4 is 6.08 Å². The SMILES string of the molecule is COc1cccc(/C=C/C2C(C)=CCCC2(C)C)c1. The molecule has 0 saturated heterocycles. The second kappa shape index (κ2) is 5.64. The van der Waals surface area contributed by atoms with E-state index in [1.807, 2.05) is 12.1 Å². The van der Waals surface area contributed by atoms with Gasteiger partial charge in [0, 0.05) is 5.92 Å². The van der Waals surface area contributed by atoms with Gasteiger partial charge in [-0.05, 0) is 42.9 Å². The summed E-state index contributed by atoms with van der Waals surface area (Å²) >= 11 is 0. The first-order valence-electron chi connectivity index (χ1n) is 7.02. The van der Waals surface area contributed by atoms with Gasteiger partial charge in [0.05, 0.1) is 7.11 Å². The van der Waals surface area contributed by atoms with Crippen LogP contribution in [-0.4, -0.2) is 7.11 Å². The van der Waals surface area contributed by atoms with E-state index >= 15 is 0 Å². The molecule has 102 valence electrons. The van der Waals surface area contributed by atoms with Gasteiger partial charge in [0.25, 0.3) is 0 Å². The molecule has 1 aromatic rings. The van der Waals surface area contributed by atoms with Gasteiger partial charge in [-0.3, -0.25) is 0 Å². The highest BCUT2D eigenvalue weighted by atomic mass is 16.5. The van der Waals surface area contributed by atoms with Gasteiger partial charge in [-0.15, -0.1) is 0 Å². The first-order valence-corrected chi connectivity index (χ1v) is 7.02. The molecule has 0 N–H and O–H groups in total. The van der Waals surface area contributed by atoms with Gasteiger partial charge in [0.15, 0.2) is 0 Å². The van der Waals surface area contributed by atoms with Crippen LogP contribution in [0, 0.1) is 11.3 Å². The fourth-order valence-electron chi connectivity index (χ4n) is 2.94. The summed E-state index contributed by atoms with van der Waals surface area (Å²) in [6.45, 7) is 6.98. The molecule has 19 heavy (non-hydrogen) atoms. The van der Waals surface area contributed by atoms with Gasteiger partial charge in [0.1, 0.15) is 5.75 Å². The van der Waals surface area contributed by atoms with E-state index in [0.29, 0.717) is 11.3 Å². The number of benzene rings is 1. The Balaban J connectivity index is 2.21. The molecule has 0 saturated carbocycles. The fourth-order valence-corrected chi connectivity index (χ4v) is 2.94. The molecule has 2 rings (SSSR count). The summed E-state index contributed by atoms with van der Waals surface area (Å²) < 4.78 is 5.26. The van der Waals surface area contributed by atoms with Crippen LogP contribution in [0.2, 0.25) is 0 Å². The van der Waals surface area contributed by atoms with Crippen molar-refractivity contribution in [1.29, 1.82) is 0 Å². The Bertz CT molecular complexity index is 494. The van der Waals surface area contributed by atoms with Gasteiger partial charge in [-0.25, -0.2) is 0 Å². The molecule has 0 radical (unpaired) electrons. The molecular formula is C18H24O. The average Bonchev–Trinajstić information content (AvgIpc) is 2.37. The Hall–Kier alpha value is -1.50. The minimum absolute atomic E-state index is 0.355. The zero-order valence-corrected chi connectivity index (χ0v) is 12.4. The molecule has 0 amide bonds. The highest BCUT2D eigenvalue weighted by Crippen LogP contribution is 2.41. The summed E-state index contributed by atoms with van der Waals surface area (Å²) in [4.78, 5) is 0. The molecule has 1 aliphatic rings. The molecule has 1 unspecified atom stereocenters. The topological polar surface area (TPSA) is 9.23 Å². The number of ether oxygens (including phenoxy) is 1. The van der Waals surface area contributed by atoms with E-state index in [4.69, 9.17) is 4.74 Å². The van der Waals surface area contributed by atoms with E-state index in [2.05, 4.69) is 51.1 Å². The maximum absolute atomic E-state index is 5.26. The normalized spacial score (nSPS) is 22.3. The number of hydrogen-bond acceptors (Lipinski definition) is 1. The van der Waals surface area contributed by atoms with Crippen molar-refractivity contribution in [3.63, 3.8) is 0 Å². The van der Waals surface area contributed by atoms with Gasteiger partial charge in [0.2, 0.25) is 0 Å². The molecule has 0 spiro atoms. The molecule has 0 fully saturated rings. The first kappa shape index (κ1) is 13.9. The number of hydrogen-bond donors (Lipinski definition) is 0. The molecule has 1 heteroatoms. The third-order valence-electron chi connectivity index (χ3n) is 4.16. The molecule has 1 nitrogen and oxygen atoms in total. The summed E-state index contributed by atoms with van der Waals surface area (Å²) in [5.74, 6) is 1.45. The lowest BCUT2D eigenvalue weighted by molar-refractivity contribution is 0.256. The average molecular weight is 256 g/mol. The third-order valence-corrected chi connectivity index (χ3v) is 4.16. The van der Waals surface area contributed by atoms with Crippen molar-refractivity contribution in [2.24, 2.45) is 11.3 Å². The Morgan fingerprint density at radius 2 is 2.11 bits per heavy atom. The zero-order valence-electron chi connectivity index (χ0n) is 12.4. The van der Waals surface area contributed by atoms with Crippen LogP contribution in [0.4, 0.5) is 0 Å². The van der Waals surface area contributed by atoms with Crippen LogP contribution in [0.3, 0.4) is 0 Å². The maximum Gasteiger partial charge on any atom is 0.119 e. The van der Waals surface area contributed by atoms with Crippen LogP contribution in [0.25, 0.3) is 6.08 Å². The van der Waals surface area contributed by atoms with E-state index < -0.39 is 0 Å². The lowest BCUT2D eigenvalue weighted by Crippen LogP contribution is -2.26. The lowest BCUT2D eigenvalue weighted by atomic mass is 9.68. The van der Waals surface area contributed by atoms with Crippen LogP contribution < -0.4 is 4.74 Å². The number of methoxy groups -OCH3 is 1. The summed E-state index contributed by atoms with van der Waals surface area (Å²) in [7, 11) is 1.71. The predicted octanol–water partition coefficient (Wildman–Crippen LogP) is 5.09. The van der Waals surface area contributed by atoms with E-state index in [1.165, 1.54) is 24.0 Å². The summed E-state index contributed by atoms with van der Waals surface area (Å²) in [5, 5.41) is 0. The number of allylic oxidation sites excluding steroid dienone is 3. The van der Waals surface area contributed by atoms with Crippen LogP contribution >= 0.6 is 0 Å². The Labute approximate surface area is 117 Å². The summed E-state index contributed by atoms with van der Waals surface area (Å²) in [5.41, 5.74) is 3.05. The van der Waals surface area contributed by atoms with E-state index in [9.17, 15) is 0 Å². The van der Waals surface area contributed by atoms with Crippen LogP contribution in [-0.2, 0) is 0 Å². The van der Waals surface area contributed by atoms with Crippen molar-refractivity contribution in [3.05, 3.63) is 47.6 Å². The molecule has 0 aliphatic heterocycles. The largest absolute Gasteiger partial charge is 0.497 e. The van der Waals surface area contributed by atoms with E-state index in [-0.39, 0.29) is 0 Å². The standard InChI is InChI=1S/C18H24O/c1-14-7-6-12-18(2,3)17(14)11-10-15-8-5-9-16(13-15)19-4/h5,7-11,13,17H,6,12H2,1-4H3/b11-10+. The van der Waals surface area contributed by atoms with E-state index in [1.54, 1.807) is 7.11 Å². The summed E-state index contributed by atoms with van der Waals surface area (Å²) in [6.07, 6.45) is 9.42. The Morgan fingerprint density at radius 1 is 1.32 bits per heavy atom. The first-order chi connectivity index (χ1) is 9.03. The highest BCUT2D eigenvalue weighted by molar-refractivity contribution is 5.53. The molecule has 1 aromatic carbocycles. The maximum atomic E-state index is 5.26. The quantitative estimate of drug-likeness (QED) is 0.684. The second-order valence-electron chi connectivity index (χ2n) is 6.09. The predicted molar refractivity (Wildman–Crippen MR) is 82.3 cm³/mol. The minimum atomic E-state index is 0.355. The van der Waals surface area contributed by atoms with Crippen molar-refractivity contribution in [3.8, 4) is 5.75 Å². The summed E-state index contributed by atoms with van der Waals surface area (Å²) in [6, 6.07) is 8.21. The van der Waals surface area contributed by atoms with Crippen molar-refractivity contribution in [1.82, 2.24) is 0 Å². The van der Waals surface area contributed by atoms with Gasteiger partial charge in [-0.1, -0.05) is 49.8 Å². The third kappa shape index (κ3) is 3.28.